The molecule has 0 aliphatic carbocycles. The van der Waals surface area contributed by atoms with Gasteiger partial charge in [0.2, 0.25) is 0 Å². The van der Waals surface area contributed by atoms with Crippen molar-refractivity contribution in [1.29, 1.82) is 0 Å². The molecular weight excluding hydrogens is 160 g/mol. The number of ether oxygens (including phenoxy) is 1. The molecular formula is C9H11ClO. The van der Waals surface area contributed by atoms with Gasteiger partial charge in [-0.1, -0.05) is 36.7 Å². The summed E-state index contributed by atoms with van der Waals surface area (Å²) in [6, 6.07) is 9.58. The summed E-state index contributed by atoms with van der Waals surface area (Å²) < 4.78 is 5.33. The zero-order valence-corrected chi connectivity index (χ0v) is 7.21. The molecule has 0 heterocycles. The predicted octanol–water partition coefficient (Wildman–Crippen LogP) is 3.04. The lowest BCUT2D eigenvalue weighted by molar-refractivity contribution is 0.277. The lowest BCUT2D eigenvalue weighted by atomic mass is 10.3. The first-order chi connectivity index (χ1) is 5.33. The Morgan fingerprint density at radius 2 is 2.00 bits per heavy atom. The molecule has 0 amide bonds. The van der Waals surface area contributed by atoms with E-state index in [-0.39, 0.29) is 5.56 Å². The van der Waals surface area contributed by atoms with E-state index in [1.807, 2.05) is 37.3 Å². The Bertz CT molecular complexity index is 198. The summed E-state index contributed by atoms with van der Waals surface area (Å²) in [6.07, 6.45) is 0.816. The molecule has 0 radical (unpaired) electrons. The highest BCUT2D eigenvalue weighted by Crippen LogP contribution is 2.13. The summed E-state index contributed by atoms with van der Waals surface area (Å²) >= 11 is 5.78. The molecule has 1 nitrogen and oxygen atoms in total. The Morgan fingerprint density at radius 3 is 2.55 bits per heavy atom. The summed E-state index contributed by atoms with van der Waals surface area (Å²) in [6.45, 7) is 1.99. The number of benzene rings is 1. The van der Waals surface area contributed by atoms with Crippen molar-refractivity contribution >= 4 is 11.6 Å². The third-order valence-corrected chi connectivity index (χ3v) is 1.73. The molecule has 0 aromatic heterocycles. The molecule has 0 aliphatic heterocycles. The van der Waals surface area contributed by atoms with Crippen molar-refractivity contribution < 1.29 is 4.74 Å². The van der Waals surface area contributed by atoms with Gasteiger partial charge in [-0.2, -0.15) is 0 Å². The fourth-order valence-electron chi connectivity index (χ4n) is 0.730. The zero-order valence-electron chi connectivity index (χ0n) is 6.46. The van der Waals surface area contributed by atoms with Gasteiger partial charge in [-0.25, -0.2) is 0 Å². The van der Waals surface area contributed by atoms with Gasteiger partial charge in [0.15, 0.2) is 5.56 Å². The van der Waals surface area contributed by atoms with Gasteiger partial charge in [-0.05, 0) is 18.6 Å². The van der Waals surface area contributed by atoms with Crippen LogP contribution in [0.4, 0.5) is 0 Å². The van der Waals surface area contributed by atoms with E-state index in [1.54, 1.807) is 0 Å². The number of para-hydroxylation sites is 1. The van der Waals surface area contributed by atoms with Gasteiger partial charge in [0.05, 0.1) is 0 Å². The predicted molar refractivity (Wildman–Crippen MR) is 47.0 cm³/mol. The minimum Gasteiger partial charge on any atom is -0.475 e. The monoisotopic (exact) mass is 170 g/mol. The molecule has 1 unspecified atom stereocenters. The largest absolute Gasteiger partial charge is 0.475 e. The first-order valence-electron chi connectivity index (χ1n) is 3.68. The van der Waals surface area contributed by atoms with Crippen LogP contribution in [0.25, 0.3) is 0 Å². The Morgan fingerprint density at radius 1 is 1.36 bits per heavy atom. The van der Waals surface area contributed by atoms with Crippen molar-refractivity contribution in [3.05, 3.63) is 30.3 Å². The average molecular weight is 171 g/mol. The number of hydrogen-bond acceptors (Lipinski definition) is 1. The molecule has 1 atom stereocenters. The molecule has 0 saturated heterocycles. The first-order valence-corrected chi connectivity index (χ1v) is 4.12. The van der Waals surface area contributed by atoms with E-state index in [4.69, 9.17) is 16.3 Å². The van der Waals surface area contributed by atoms with Crippen LogP contribution < -0.4 is 4.74 Å². The van der Waals surface area contributed by atoms with E-state index in [2.05, 4.69) is 0 Å². The number of hydrogen-bond donors (Lipinski definition) is 0. The molecule has 0 bridgehead atoms. The lowest BCUT2D eigenvalue weighted by Crippen LogP contribution is -2.05. The molecule has 11 heavy (non-hydrogen) atoms. The van der Waals surface area contributed by atoms with Crippen LogP contribution in [0.2, 0.25) is 0 Å². The highest BCUT2D eigenvalue weighted by molar-refractivity contribution is 6.19. The average Bonchev–Trinajstić information content (AvgIpc) is 2.06. The maximum absolute atomic E-state index is 5.78. The molecule has 1 rings (SSSR count). The second kappa shape index (κ2) is 4.24. The molecule has 0 fully saturated rings. The molecule has 2 heteroatoms. The maximum atomic E-state index is 5.78. The molecule has 0 spiro atoms. The van der Waals surface area contributed by atoms with E-state index < -0.39 is 0 Å². The van der Waals surface area contributed by atoms with Gasteiger partial charge < -0.3 is 4.74 Å². The minimum absolute atomic E-state index is 0.211. The number of halogens is 1. The standard InChI is InChI=1S/C9H11ClO/c1-2-9(10)11-8-6-4-3-5-7-8/h3-7,9H,2H2,1H3. The Kier molecular flexibility index (Phi) is 3.24. The smallest absolute Gasteiger partial charge is 0.171 e. The summed E-state index contributed by atoms with van der Waals surface area (Å²) in [5.74, 6) is 0.828. The minimum atomic E-state index is -0.211. The zero-order chi connectivity index (χ0) is 8.10. The summed E-state index contributed by atoms with van der Waals surface area (Å²) in [7, 11) is 0. The fourth-order valence-corrected chi connectivity index (χ4v) is 0.833. The lowest BCUT2D eigenvalue weighted by Gasteiger charge is -2.09. The summed E-state index contributed by atoms with van der Waals surface area (Å²) in [5.41, 5.74) is -0.211. The molecule has 0 aliphatic rings. The molecule has 1 aromatic rings. The van der Waals surface area contributed by atoms with Crippen LogP contribution in [-0.2, 0) is 0 Å². The summed E-state index contributed by atoms with van der Waals surface area (Å²) in [5, 5.41) is 0. The van der Waals surface area contributed by atoms with E-state index in [1.165, 1.54) is 0 Å². The molecule has 1 aromatic carbocycles. The first kappa shape index (κ1) is 8.41. The second-order valence-electron chi connectivity index (χ2n) is 2.25. The second-order valence-corrected chi connectivity index (χ2v) is 2.74. The van der Waals surface area contributed by atoms with Gasteiger partial charge in [0.25, 0.3) is 0 Å². The van der Waals surface area contributed by atoms with Gasteiger partial charge in [-0.3, -0.25) is 0 Å². The van der Waals surface area contributed by atoms with E-state index >= 15 is 0 Å². The van der Waals surface area contributed by atoms with Gasteiger partial charge in [-0.15, -0.1) is 0 Å². The Balaban J connectivity index is 2.51. The van der Waals surface area contributed by atoms with Crippen molar-refractivity contribution in [3.63, 3.8) is 0 Å². The quantitative estimate of drug-likeness (QED) is 0.634. The van der Waals surface area contributed by atoms with Crippen molar-refractivity contribution in [2.24, 2.45) is 0 Å². The molecule has 60 valence electrons. The fraction of sp³-hybridized carbons (Fsp3) is 0.333. The normalized spacial score (nSPS) is 12.5. The van der Waals surface area contributed by atoms with Crippen LogP contribution in [0.1, 0.15) is 13.3 Å². The van der Waals surface area contributed by atoms with Crippen molar-refractivity contribution in [1.82, 2.24) is 0 Å². The van der Waals surface area contributed by atoms with Crippen LogP contribution >= 0.6 is 11.6 Å². The van der Waals surface area contributed by atoms with E-state index in [0.29, 0.717) is 0 Å². The van der Waals surface area contributed by atoms with Crippen LogP contribution in [0.5, 0.6) is 5.75 Å². The Labute approximate surface area is 71.9 Å². The topological polar surface area (TPSA) is 9.23 Å². The van der Waals surface area contributed by atoms with Crippen molar-refractivity contribution in [3.8, 4) is 5.75 Å². The molecule has 0 saturated carbocycles. The highest BCUT2D eigenvalue weighted by atomic mass is 35.5. The van der Waals surface area contributed by atoms with E-state index in [0.717, 1.165) is 12.2 Å². The van der Waals surface area contributed by atoms with E-state index in [9.17, 15) is 0 Å². The van der Waals surface area contributed by atoms with Crippen LogP contribution in [0, 0.1) is 0 Å². The number of alkyl halides is 1. The number of rotatable bonds is 3. The maximum Gasteiger partial charge on any atom is 0.171 e. The molecule has 0 N–H and O–H groups in total. The van der Waals surface area contributed by atoms with Gasteiger partial charge in [0, 0.05) is 0 Å². The van der Waals surface area contributed by atoms with Crippen LogP contribution in [0.3, 0.4) is 0 Å². The van der Waals surface area contributed by atoms with Crippen molar-refractivity contribution in [2.75, 3.05) is 0 Å². The third-order valence-electron chi connectivity index (χ3n) is 1.33. The SMILES string of the molecule is CCC(Cl)Oc1ccccc1. The van der Waals surface area contributed by atoms with Crippen LogP contribution in [-0.4, -0.2) is 5.56 Å². The van der Waals surface area contributed by atoms with Crippen molar-refractivity contribution in [2.45, 2.75) is 18.9 Å². The van der Waals surface area contributed by atoms with Crippen LogP contribution in [0.15, 0.2) is 30.3 Å². The Hall–Kier alpha value is -0.690. The highest BCUT2D eigenvalue weighted by Gasteiger charge is 2.00. The third kappa shape index (κ3) is 2.81. The van der Waals surface area contributed by atoms with Gasteiger partial charge >= 0.3 is 0 Å². The van der Waals surface area contributed by atoms with Gasteiger partial charge in [0.1, 0.15) is 5.75 Å². The summed E-state index contributed by atoms with van der Waals surface area (Å²) in [4.78, 5) is 0.